The average Bonchev–Trinajstić information content (AvgIpc) is 2.25. The fraction of sp³-hybridized carbons (Fsp3) is 0.100. The first kappa shape index (κ1) is 12.4. The van der Waals surface area contributed by atoms with E-state index >= 15 is 0 Å². The lowest BCUT2D eigenvalue weighted by Gasteiger charge is -1.96. The largest absolute Gasteiger partial charge is 0.466 e. The molecule has 0 saturated carbocycles. The molecule has 0 atom stereocenters. The van der Waals surface area contributed by atoms with Crippen LogP contribution in [0.15, 0.2) is 35.2 Å². The van der Waals surface area contributed by atoms with Crippen LogP contribution < -0.4 is 0 Å². The van der Waals surface area contributed by atoms with Gasteiger partial charge >= 0.3 is 16.2 Å². The molecule has 0 radical (unpaired) electrons. The van der Waals surface area contributed by atoms with Crippen molar-refractivity contribution in [3.63, 3.8) is 0 Å². The van der Waals surface area contributed by atoms with E-state index in [-0.39, 0.29) is 0 Å². The molecule has 0 aliphatic carbocycles. The minimum absolute atomic E-state index is 0.414. The molecule has 0 heterocycles. The number of benzene rings is 1. The number of hydrogen-bond acceptors (Lipinski definition) is 4. The molecule has 0 unspecified atom stereocenters. The van der Waals surface area contributed by atoms with Crippen molar-refractivity contribution in [2.75, 3.05) is 7.11 Å². The van der Waals surface area contributed by atoms with Gasteiger partial charge in [0, 0.05) is 6.08 Å². The van der Waals surface area contributed by atoms with Gasteiger partial charge in [-0.25, -0.2) is 4.79 Å². The highest BCUT2D eigenvalue weighted by molar-refractivity contribution is 7.86. The van der Waals surface area contributed by atoms with Gasteiger partial charge in [0.15, 0.2) is 0 Å². The number of ether oxygens (including phenoxy) is 1. The van der Waals surface area contributed by atoms with Crippen molar-refractivity contribution in [2.45, 2.75) is 4.90 Å². The summed E-state index contributed by atoms with van der Waals surface area (Å²) in [6.45, 7) is 0. The van der Waals surface area contributed by atoms with Crippen molar-refractivity contribution in [1.82, 2.24) is 0 Å². The molecule has 0 bridgehead atoms. The maximum atomic E-state index is 12.5. The summed E-state index contributed by atoms with van der Waals surface area (Å²) in [5.41, 5.74) is 0.567. The molecule has 86 valence electrons. The quantitative estimate of drug-likeness (QED) is 0.459. The highest BCUT2D eigenvalue weighted by Gasteiger charge is 2.10. The predicted octanol–water partition coefficient (Wildman–Crippen LogP) is 1.53. The van der Waals surface area contributed by atoms with Crippen LogP contribution in [-0.2, 0) is 19.8 Å². The highest BCUT2D eigenvalue weighted by atomic mass is 32.3. The lowest BCUT2D eigenvalue weighted by Crippen LogP contribution is -1.93. The van der Waals surface area contributed by atoms with Crippen LogP contribution in [0.5, 0.6) is 0 Å². The maximum absolute atomic E-state index is 12.5. The van der Waals surface area contributed by atoms with Gasteiger partial charge < -0.3 is 4.74 Å². The SMILES string of the molecule is COC(=O)C=Cc1ccc(S(=O)(=O)F)cc1. The van der Waals surface area contributed by atoms with E-state index in [9.17, 15) is 17.1 Å². The van der Waals surface area contributed by atoms with E-state index in [1.54, 1.807) is 0 Å². The van der Waals surface area contributed by atoms with Crippen molar-refractivity contribution < 1.29 is 21.8 Å². The Balaban J connectivity index is 2.88. The summed E-state index contributed by atoms with van der Waals surface area (Å²) in [5.74, 6) is -0.526. The van der Waals surface area contributed by atoms with Crippen molar-refractivity contribution in [2.24, 2.45) is 0 Å². The molecule has 0 aliphatic heterocycles. The minimum Gasteiger partial charge on any atom is -0.466 e. The number of carbonyl (C=O) groups excluding carboxylic acids is 1. The summed E-state index contributed by atoms with van der Waals surface area (Å²) in [4.78, 5) is 10.3. The van der Waals surface area contributed by atoms with Crippen LogP contribution >= 0.6 is 0 Å². The average molecular weight is 244 g/mol. The van der Waals surface area contributed by atoms with Gasteiger partial charge in [0.25, 0.3) is 0 Å². The van der Waals surface area contributed by atoms with Gasteiger partial charge in [-0.15, -0.1) is 3.89 Å². The maximum Gasteiger partial charge on any atom is 0.332 e. The molecule has 6 heteroatoms. The summed E-state index contributed by atoms with van der Waals surface area (Å²) in [6.07, 6.45) is 2.61. The Kier molecular flexibility index (Phi) is 3.78. The summed E-state index contributed by atoms with van der Waals surface area (Å²) in [7, 11) is -3.43. The molecule has 0 aromatic heterocycles. The smallest absolute Gasteiger partial charge is 0.332 e. The second-order valence-corrected chi connectivity index (χ2v) is 4.21. The topological polar surface area (TPSA) is 60.4 Å². The Morgan fingerprint density at radius 1 is 1.31 bits per heavy atom. The molecule has 4 nitrogen and oxygen atoms in total. The number of rotatable bonds is 3. The van der Waals surface area contributed by atoms with Gasteiger partial charge in [-0.1, -0.05) is 12.1 Å². The van der Waals surface area contributed by atoms with Gasteiger partial charge in [0.05, 0.1) is 12.0 Å². The first-order valence-electron chi connectivity index (χ1n) is 4.24. The Labute approximate surface area is 92.6 Å². The molecule has 16 heavy (non-hydrogen) atoms. The Bertz CT molecular complexity index is 502. The number of methoxy groups -OCH3 is 1. The Hall–Kier alpha value is -1.69. The third kappa shape index (κ3) is 3.47. The van der Waals surface area contributed by atoms with Crippen LogP contribution in [0, 0.1) is 0 Å². The van der Waals surface area contributed by atoms with Crippen molar-refractivity contribution in [1.29, 1.82) is 0 Å². The fourth-order valence-corrected chi connectivity index (χ4v) is 1.43. The van der Waals surface area contributed by atoms with E-state index in [1.807, 2.05) is 0 Å². The van der Waals surface area contributed by atoms with Crippen LogP contribution in [0.1, 0.15) is 5.56 Å². The predicted molar refractivity (Wildman–Crippen MR) is 55.8 cm³/mol. The van der Waals surface area contributed by atoms with E-state index < -0.39 is 21.1 Å². The van der Waals surface area contributed by atoms with E-state index in [4.69, 9.17) is 0 Å². The Morgan fingerprint density at radius 2 is 1.88 bits per heavy atom. The highest BCUT2D eigenvalue weighted by Crippen LogP contribution is 2.13. The van der Waals surface area contributed by atoms with Crippen LogP contribution in [0.4, 0.5) is 3.89 Å². The molecule has 1 rings (SSSR count). The zero-order valence-electron chi connectivity index (χ0n) is 8.38. The zero-order valence-corrected chi connectivity index (χ0v) is 9.20. The molecule has 0 N–H and O–H groups in total. The second-order valence-electron chi connectivity index (χ2n) is 2.86. The molecular formula is C10H9FO4S. The summed E-state index contributed by atoms with van der Waals surface area (Å²) in [5, 5.41) is 0. The van der Waals surface area contributed by atoms with Gasteiger partial charge in [-0.2, -0.15) is 8.42 Å². The first-order valence-corrected chi connectivity index (χ1v) is 5.62. The number of halogens is 1. The monoisotopic (exact) mass is 244 g/mol. The summed E-state index contributed by atoms with van der Waals surface area (Å²) < 4.78 is 37.9. The van der Waals surface area contributed by atoms with Gasteiger partial charge in [-0.05, 0) is 23.8 Å². The Morgan fingerprint density at radius 3 is 2.31 bits per heavy atom. The van der Waals surface area contributed by atoms with E-state index in [0.29, 0.717) is 5.56 Å². The molecule has 0 amide bonds. The fourth-order valence-electron chi connectivity index (χ4n) is 0.974. The minimum atomic E-state index is -4.67. The van der Waals surface area contributed by atoms with Crippen molar-refractivity contribution in [3.05, 3.63) is 35.9 Å². The number of esters is 1. The summed E-state index contributed by atoms with van der Waals surface area (Å²) in [6, 6.07) is 5.00. The molecule has 1 aromatic carbocycles. The number of carbonyl (C=O) groups is 1. The normalized spacial score (nSPS) is 11.6. The van der Waals surface area contributed by atoms with Crippen molar-refractivity contribution in [3.8, 4) is 0 Å². The third-order valence-corrected chi connectivity index (χ3v) is 2.61. The van der Waals surface area contributed by atoms with Crippen LogP contribution in [0.3, 0.4) is 0 Å². The molecule has 0 spiro atoms. The van der Waals surface area contributed by atoms with E-state index in [0.717, 1.165) is 12.1 Å². The molecule has 0 fully saturated rings. The standard InChI is InChI=1S/C10H9FO4S/c1-15-10(12)7-4-8-2-5-9(6-3-8)16(11,13)14/h2-7H,1H3. The zero-order chi connectivity index (χ0) is 12.2. The number of hydrogen-bond donors (Lipinski definition) is 0. The van der Waals surface area contributed by atoms with Gasteiger partial charge in [0.1, 0.15) is 0 Å². The molecule has 0 saturated heterocycles. The van der Waals surface area contributed by atoms with Gasteiger partial charge in [0.2, 0.25) is 0 Å². The first-order chi connectivity index (χ1) is 7.43. The van der Waals surface area contributed by atoms with Crippen molar-refractivity contribution >= 4 is 22.3 Å². The van der Waals surface area contributed by atoms with E-state index in [2.05, 4.69) is 4.74 Å². The second kappa shape index (κ2) is 4.89. The molecule has 1 aromatic rings. The third-order valence-electron chi connectivity index (χ3n) is 1.77. The molecular weight excluding hydrogens is 235 g/mol. The molecule has 0 aliphatic rings. The van der Waals surface area contributed by atoms with Gasteiger partial charge in [-0.3, -0.25) is 0 Å². The lowest BCUT2D eigenvalue weighted by molar-refractivity contribution is -0.134. The van der Waals surface area contributed by atoms with Crippen LogP contribution in [0.25, 0.3) is 6.08 Å². The van der Waals surface area contributed by atoms with Crippen LogP contribution in [0.2, 0.25) is 0 Å². The summed E-state index contributed by atoms with van der Waals surface area (Å²) >= 11 is 0. The van der Waals surface area contributed by atoms with Crippen LogP contribution in [-0.4, -0.2) is 21.5 Å². The lowest BCUT2D eigenvalue weighted by atomic mass is 10.2. The van der Waals surface area contributed by atoms with E-state index in [1.165, 1.54) is 31.4 Å².